The summed E-state index contributed by atoms with van der Waals surface area (Å²) in [6.07, 6.45) is 3.20. The highest BCUT2D eigenvalue weighted by atomic mass is 16.5. The highest BCUT2D eigenvalue weighted by Gasteiger charge is 2.13. The van der Waals surface area contributed by atoms with Crippen LogP contribution in [-0.4, -0.2) is 26.4 Å². The molecule has 0 spiro atoms. The van der Waals surface area contributed by atoms with E-state index in [4.69, 9.17) is 9.47 Å². The Morgan fingerprint density at radius 3 is 1.84 bits per heavy atom. The Balaban J connectivity index is 3.31. The van der Waals surface area contributed by atoms with Crippen molar-refractivity contribution in [1.29, 1.82) is 0 Å². The molecule has 19 heavy (non-hydrogen) atoms. The van der Waals surface area contributed by atoms with Gasteiger partial charge in [-0.15, -0.1) is 0 Å². The second kappa shape index (κ2) is 8.76. The van der Waals surface area contributed by atoms with Crippen molar-refractivity contribution in [2.24, 2.45) is 10.8 Å². The molecule has 0 aromatic rings. The van der Waals surface area contributed by atoms with E-state index >= 15 is 0 Å². The summed E-state index contributed by atoms with van der Waals surface area (Å²) >= 11 is 0. The van der Waals surface area contributed by atoms with Crippen LogP contribution in [0.2, 0.25) is 0 Å². The number of hydrogen-bond acceptors (Lipinski definition) is 2. The molecule has 2 nitrogen and oxygen atoms in total. The number of rotatable bonds is 9. The molecule has 0 aliphatic carbocycles. The molecule has 0 aromatic heterocycles. The fourth-order valence-electron chi connectivity index (χ4n) is 1.46. The van der Waals surface area contributed by atoms with Gasteiger partial charge in [0.25, 0.3) is 0 Å². The van der Waals surface area contributed by atoms with Crippen LogP contribution < -0.4 is 0 Å². The van der Waals surface area contributed by atoms with Gasteiger partial charge in [0.2, 0.25) is 0 Å². The first kappa shape index (κ1) is 18.7. The van der Waals surface area contributed by atoms with E-state index in [1.54, 1.807) is 0 Å². The van der Waals surface area contributed by atoms with Crippen LogP contribution in [0.5, 0.6) is 0 Å². The zero-order valence-corrected chi connectivity index (χ0v) is 14.0. The van der Waals surface area contributed by atoms with E-state index in [9.17, 15) is 0 Å². The van der Waals surface area contributed by atoms with Gasteiger partial charge in [0.1, 0.15) is 0 Å². The van der Waals surface area contributed by atoms with Crippen LogP contribution in [0, 0.1) is 10.8 Å². The van der Waals surface area contributed by atoms with Crippen molar-refractivity contribution in [2.75, 3.05) is 26.4 Å². The Morgan fingerprint density at radius 1 is 0.842 bits per heavy atom. The molecule has 0 aromatic carbocycles. The van der Waals surface area contributed by atoms with Gasteiger partial charge in [0.05, 0.1) is 13.2 Å². The lowest BCUT2D eigenvalue weighted by Gasteiger charge is -2.21. The van der Waals surface area contributed by atoms with Gasteiger partial charge in [-0.1, -0.05) is 53.7 Å². The molecule has 0 radical (unpaired) electrons. The standard InChI is InChI=1S/C17H34O2/c1-15(17(5,6)7)9-8-11-18-13-14-19-12-10-16(2,3)4/h1,8-14H2,2-7H3. The monoisotopic (exact) mass is 270 g/mol. The molecule has 0 aliphatic heterocycles. The lowest BCUT2D eigenvalue weighted by Crippen LogP contribution is -2.12. The smallest absolute Gasteiger partial charge is 0.0700 e. The second-order valence-electron chi connectivity index (χ2n) is 7.49. The van der Waals surface area contributed by atoms with Crippen molar-refractivity contribution < 1.29 is 9.47 Å². The van der Waals surface area contributed by atoms with Crippen LogP contribution >= 0.6 is 0 Å². The predicted octanol–water partition coefficient (Wildman–Crippen LogP) is 4.84. The second-order valence-corrected chi connectivity index (χ2v) is 7.49. The van der Waals surface area contributed by atoms with Gasteiger partial charge >= 0.3 is 0 Å². The summed E-state index contributed by atoms with van der Waals surface area (Å²) in [5.74, 6) is 0. The molecule has 0 fully saturated rings. The van der Waals surface area contributed by atoms with Gasteiger partial charge in [-0.3, -0.25) is 0 Å². The predicted molar refractivity (Wildman–Crippen MR) is 83.5 cm³/mol. The maximum atomic E-state index is 5.56. The van der Waals surface area contributed by atoms with E-state index < -0.39 is 0 Å². The van der Waals surface area contributed by atoms with Gasteiger partial charge in [-0.05, 0) is 30.1 Å². The average molecular weight is 270 g/mol. The molecule has 114 valence electrons. The molecule has 0 aliphatic rings. The summed E-state index contributed by atoms with van der Waals surface area (Å²) in [4.78, 5) is 0. The Labute approximate surface area is 120 Å². The van der Waals surface area contributed by atoms with Gasteiger partial charge in [0.15, 0.2) is 0 Å². The van der Waals surface area contributed by atoms with Crippen LogP contribution in [-0.2, 0) is 9.47 Å². The molecule has 0 atom stereocenters. The van der Waals surface area contributed by atoms with E-state index in [1.165, 1.54) is 5.57 Å². The van der Waals surface area contributed by atoms with E-state index in [0.29, 0.717) is 18.6 Å². The molecular weight excluding hydrogens is 236 g/mol. The quantitative estimate of drug-likeness (QED) is 0.441. The van der Waals surface area contributed by atoms with Gasteiger partial charge in [0, 0.05) is 13.2 Å². The van der Waals surface area contributed by atoms with Crippen LogP contribution in [0.25, 0.3) is 0 Å². The highest BCUT2D eigenvalue weighted by molar-refractivity contribution is 5.04. The lowest BCUT2D eigenvalue weighted by molar-refractivity contribution is 0.0379. The third-order valence-corrected chi connectivity index (χ3v) is 3.20. The zero-order valence-electron chi connectivity index (χ0n) is 14.0. The zero-order chi connectivity index (χ0) is 14.9. The summed E-state index contributed by atoms with van der Waals surface area (Å²) < 4.78 is 11.1. The first-order valence-corrected chi connectivity index (χ1v) is 7.47. The average Bonchev–Trinajstić information content (AvgIpc) is 2.23. The third kappa shape index (κ3) is 12.4. The molecule has 0 amide bonds. The molecule has 0 rings (SSSR count). The van der Waals surface area contributed by atoms with E-state index in [0.717, 1.165) is 32.5 Å². The maximum absolute atomic E-state index is 5.56. The summed E-state index contributed by atoms with van der Waals surface area (Å²) in [6, 6.07) is 0. The molecule has 0 saturated carbocycles. The van der Waals surface area contributed by atoms with E-state index in [2.05, 4.69) is 48.1 Å². The van der Waals surface area contributed by atoms with Gasteiger partial charge in [-0.25, -0.2) is 0 Å². The Morgan fingerprint density at radius 2 is 1.37 bits per heavy atom. The molecule has 2 heteroatoms. The fourth-order valence-corrected chi connectivity index (χ4v) is 1.46. The summed E-state index contributed by atoms with van der Waals surface area (Å²) in [7, 11) is 0. The molecule has 0 heterocycles. The van der Waals surface area contributed by atoms with Crippen molar-refractivity contribution in [3.05, 3.63) is 12.2 Å². The van der Waals surface area contributed by atoms with E-state index in [1.807, 2.05) is 0 Å². The first-order valence-electron chi connectivity index (χ1n) is 7.47. The largest absolute Gasteiger partial charge is 0.379 e. The molecule has 0 N–H and O–H groups in total. The maximum Gasteiger partial charge on any atom is 0.0700 e. The molecular formula is C17H34O2. The minimum atomic E-state index is 0.218. The number of hydrogen-bond donors (Lipinski definition) is 0. The van der Waals surface area contributed by atoms with Crippen molar-refractivity contribution in [2.45, 2.75) is 60.8 Å². The first-order chi connectivity index (χ1) is 8.63. The summed E-state index contributed by atoms with van der Waals surface area (Å²) in [5.41, 5.74) is 1.88. The number of ether oxygens (including phenoxy) is 2. The number of allylic oxidation sites excluding steroid dienone is 1. The third-order valence-electron chi connectivity index (χ3n) is 3.20. The van der Waals surface area contributed by atoms with Crippen LogP contribution in [0.15, 0.2) is 12.2 Å². The highest BCUT2D eigenvalue weighted by Crippen LogP contribution is 2.26. The normalized spacial score (nSPS) is 12.7. The van der Waals surface area contributed by atoms with E-state index in [-0.39, 0.29) is 5.41 Å². The lowest BCUT2D eigenvalue weighted by atomic mass is 9.85. The molecule has 0 bridgehead atoms. The minimum Gasteiger partial charge on any atom is -0.379 e. The van der Waals surface area contributed by atoms with Crippen LogP contribution in [0.3, 0.4) is 0 Å². The SMILES string of the molecule is C=C(CCCOCCOCCC(C)(C)C)C(C)(C)C. The fraction of sp³-hybridized carbons (Fsp3) is 0.882. The van der Waals surface area contributed by atoms with Crippen molar-refractivity contribution >= 4 is 0 Å². The van der Waals surface area contributed by atoms with Crippen molar-refractivity contribution in [3.63, 3.8) is 0 Å². The molecule has 0 unspecified atom stereocenters. The Hall–Kier alpha value is -0.340. The topological polar surface area (TPSA) is 18.5 Å². The van der Waals surface area contributed by atoms with Gasteiger partial charge < -0.3 is 9.47 Å². The van der Waals surface area contributed by atoms with Crippen molar-refractivity contribution in [3.8, 4) is 0 Å². The van der Waals surface area contributed by atoms with Crippen LogP contribution in [0.4, 0.5) is 0 Å². The van der Waals surface area contributed by atoms with Gasteiger partial charge in [-0.2, -0.15) is 0 Å². The molecule has 0 saturated heterocycles. The summed E-state index contributed by atoms with van der Waals surface area (Å²) in [5, 5.41) is 0. The Bertz CT molecular complexity index is 243. The minimum absolute atomic E-state index is 0.218. The summed E-state index contributed by atoms with van der Waals surface area (Å²) in [6.45, 7) is 20.5. The van der Waals surface area contributed by atoms with Crippen LogP contribution in [0.1, 0.15) is 60.8 Å². The van der Waals surface area contributed by atoms with Crippen molar-refractivity contribution in [1.82, 2.24) is 0 Å². The Kier molecular flexibility index (Phi) is 8.60.